The maximum Gasteiger partial charge on any atom is 0.0648 e. The minimum atomic E-state index is -0.0770. The van der Waals surface area contributed by atoms with Gasteiger partial charge < -0.3 is 14.2 Å². The molecule has 1 aliphatic rings. The van der Waals surface area contributed by atoms with Crippen LogP contribution in [0.5, 0.6) is 0 Å². The zero-order chi connectivity index (χ0) is 12.6. The van der Waals surface area contributed by atoms with Crippen LogP contribution in [-0.4, -0.2) is 38.1 Å². The molecule has 0 aromatic carbocycles. The Hall–Kier alpha value is -0.120. The van der Waals surface area contributed by atoms with Gasteiger partial charge in [-0.3, -0.25) is 0 Å². The highest BCUT2D eigenvalue weighted by Gasteiger charge is 2.20. The van der Waals surface area contributed by atoms with Crippen LogP contribution in [0.2, 0.25) is 0 Å². The summed E-state index contributed by atoms with van der Waals surface area (Å²) >= 11 is 0. The molecule has 1 atom stereocenters. The molecular weight excluding hydrogens is 216 g/mol. The molecule has 3 heteroatoms. The Bertz CT molecular complexity index is 186. The SMILES string of the molecule is CCCOCCC(C)(C)OCCC1CCCO1. The van der Waals surface area contributed by atoms with Gasteiger partial charge in [-0.15, -0.1) is 0 Å². The molecule has 102 valence electrons. The second kappa shape index (κ2) is 8.06. The van der Waals surface area contributed by atoms with Crippen molar-refractivity contribution in [2.24, 2.45) is 0 Å². The van der Waals surface area contributed by atoms with Crippen LogP contribution >= 0.6 is 0 Å². The molecule has 0 aromatic rings. The summed E-state index contributed by atoms with van der Waals surface area (Å²) in [5, 5.41) is 0. The van der Waals surface area contributed by atoms with Gasteiger partial charge >= 0.3 is 0 Å². The van der Waals surface area contributed by atoms with E-state index in [0.29, 0.717) is 6.10 Å². The van der Waals surface area contributed by atoms with E-state index in [9.17, 15) is 0 Å². The lowest BCUT2D eigenvalue weighted by Gasteiger charge is -2.26. The second-order valence-electron chi connectivity index (χ2n) is 5.39. The third-order valence-electron chi connectivity index (χ3n) is 3.15. The minimum Gasteiger partial charge on any atom is -0.381 e. The highest BCUT2D eigenvalue weighted by Crippen LogP contribution is 2.19. The van der Waals surface area contributed by atoms with Gasteiger partial charge in [0.2, 0.25) is 0 Å². The molecule has 1 aliphatic heterocycles. The Labute approximate surface area is 106 Å². The molecule has 1 saturated heterocycles. The standard InChI is InChI=1S/C14H28O3/c1-4-9-15-12-8-14(2,3)17-11-7-13-6-5-10-16-13/h13H,4-12H2,1-3H3. The van der Waals surface area contributed by atoms with Crippen molar-refractivity contribution in [3.05, 3.63) is 0 Å². The Balaban J connectivity index is 2.02. The molecule has 3 nitrogen and oxygen atoms in total. The van der Waals surface area contributed by atoms with E-state index < -0.39 is 0 Å². The third kappa shape index (κ3) is 7.02. The van der Waals surface area contributed by atoms with Gasteiger partial charge in [0.1, 0.15) is 0 Å². The summed E-state index contributed by atoms with van der Waals surface area (Å²) in [6.07, 6.45) is 5.91. The fraction of sp³-hybridized carbons (Fsp3) is 1.00. The average Bonchev–Trinajstić information content (AvgIpc) is 2.77. The minimum absolute atomic E-state index is 0.0770. The Morgan fingerprint density at radius 2 is 2.06 bits per heavy atom. The van der Waals surface area contributed by atoms with Crippen molar-refractivity contribution in [2.75, 3.05) is 26.4 Å². The van der Waals surface area contributed by atoms with Gasteiger partial charge in [0, 0.05) is 26.4 Å². The molecule has 0 bridgehead atoms. The van der Waals surface area contributed by atoms with E-state index in [2.05, 4.69) is 20.8 Å². The molecule has 0 amide bonds. The van der Waals surface area contributed by atoms with Gasteiger partial charge in [-0.1, -0.05) is 6.92 Å². The van der Waals surface area contributed by atoms with Gasteiger partial charge in [0.15, 0.2) is 0 Å². The van der Waals surface area contributed by atoms with E-state index in [1.807, 2.05) is 0 Å². The normalized spacial score (nSPS) is 21.0. The molecule has 0 aliphatic carbocycles. The number of hydrogen-bond acceptors (Lipinski definition) is 3. The first kappa shape index (κ1) is 14.9. The van der Waals surface area contributed by atoms with Gasteiger partial charge in [-0.25, -0.2) is 0 Å². The molecule has 0 N–H and O–H groups in total. The lowest BCUT2D eigenvalue weighted by molar-refractivity contribution is -0.0523. The van der Waals surface area contributed by atoms with Gasteiger partial charge in [0.05, 0.1) is 11.7 Å². The lowest BCUT2D eigenvalue weighted by atomic mass is 10.1. The summed E-state index contributed by atoms with van der Waals surface area (Å²) in [5.41, 5.74) is -0.0770. The predicted molar refractivity (Wildman–Crippen MR) is 69.3 cm³/mol. The lowest BCUT2D eigenvalue weighted by Crippen LogP contribution is -2.28. The van der Waals surface area contributed by atoms with E-state index in [1.54, 1.807) is 0 Å². The fourth-order valence-corrected chi connectivity index (χ4v) is 1.98. The van der Waals surface area contributed by atoms with Gasteiger partial charge in [0.25, 0.3) is 0 Å². The number of hydrogen-bond donors (Lipinski definition) is 0. The molecule has 0 spiro atoms. The Morgan fingerprint density at radius 3 is 2.71 bits per heavy atom. The fourth-order valence-electron chi connectivity index (χ4n) is 1.98. The van der Waals surface area contributed by atoms with Crippen LogP contribution in [0.3, 0.4) is 0 Å². The predicted octanol–water partition coefficient (Wildman–Crippen LogP) is 3.17. The molecule has 17 heavy (non-hydrogen) atoms. The van der Waals surface area contributed by atoms with E-state index in [-0.39, 0.29) is 5.60 Å². The number of ether oxygens (including phenoxy) is 3. The van der Waals surface area contributed by atoms with Crippen LogP contribution in [0.1, 0.15) is 52.9 Å². The van der Waals surface area contributed by atoms with Crippen molar-refractivity contribution < 1.29 is 14.2 Å². The second-order valence-corrected chi connectivity index (χ2v) is 5.39. The molecule has 1 rings (SSSR count). The molecule has 1 fully saturated rings. The third-order valence-corrected chi connectivity index (χ3v) is 3.15. The van der Waals surface area contributed by atoms with Crippen LogP contribution in [0.4, 0.5) is 0 Å². The van der Waals surface area contributed by atoms with Crippen molar-refractivity contribution >= 4 is 0 Å². The van der Waals surface area contributed by atoms with E-state index in [0.717, 1.165) is 45.7 Å². The van der Waals surface area contributed by atoms with Gasteiger partial charge in [-0.05, 0) is 46.0 Å². The summed E-state index contributed by atoms with van der Waals surface area (Å²) in [5.74, 6) is 0. The van der Waals surface area contributed by atoms with Gasteiger partial charge in [-0.2, -0.15) is 0 Å². The maximum absolute atomic E-state index is 5.91. The zero-order valence-corrected chi connectivity index (χ0v) is 11.7. The smallest absolute Gasteiger partial charge is 0.0648 e. The summed E-state index contributed by atoms with van der Waals surface area (Å²) in [4.78, 5) is 0. The first-order valence-corrected chi connectivity index (χ1v) is 6.97. The van der Waals surface area contributed by atoms with Crippen LogP contribution in [0, 0.1) is 0 Å². The van der Waals surface area contributed by atoms with Crippen molar-refractivity contribution in [2.45, 2.75) is 64.6 Å². The first-order chi connectivity index (χ1) is 8.14. The Kier molecular flexibility index (Phi) is 7.09. The van der Waals surface area contributed by atoms with Crippen LogP contribution in [0.15, 0.2) is 0 Å². The zero-order valence-electron chi connectivity index (χ0n) is 11.7. The van der Waals surface area contributed by atoms with Crippen molar-refractivity contribution in [3.63, 3.8) is 0 Å². The van der Waals surface area contributed by atoms with Crippen molar-refractivity contribution in [3.8, 4) is 0 Å². The highest BCUT2D eigenvalue weighted by molar-refractivity contribution is 4.70. The van der Waals surface area contributed by atoms with Crippen molar-refractivity contribution in [1.29, 1.82) is 0 Å². The van der Waals surface area contributed by atoms with Crippen LogP contribution in [0.25, 0.3) is 0 Å². The maximum atomic E-state index is 5.91. The summed E-state index contributed by atoms with van der Waals surface area (Å²) < 4.78 is 17.0. The molecule has 0 aromatic heterocycles. The molecule has 1 unspecified atom stereocenters. The largest absolute Gasteiger partial charge is 0.381 e. The first-order valence-electron chi connectivity index (χ1n) is 6.97. The summed E-state index contributed by atoms with van der Waals surface area (Å²) in [7, 11) is 0. The topological polar surface area (TPSA) is 27.7 Å². The van der Waals surface area contributed by atoms with E-state index in [1.165, 1.54) is 12.8 Å². The molecule has 0 saturated carbocycles. The van der Waals surface area contributed by atoms with E-state index in [4.69, 9.17) is 14.2 Å². The molecular formula is C14H28O3. The average molecular weight is 244 g/mol. The summed E-state index contributed by atoms with van der Waals surface area (Å²) in [6, 6.07) is 0. The summed E-state index contributed by atoms with van der Waals surface area (Å²) in [6.45, 7) is 9.77. The van der Waals surface area contributed by atoms with E-state index >= 15 is 0 Å². The highest BCUT2D eigenvalue weighted by atomic mass is 16.5. The number of rotatable bonds is 9. The van der Waals surface area contributed by atoms with Crippen molar-refractivity contribution in [1.82, 2.24) is 0 Å². The van der Waals surface area contributed by atoms with Crippen LogP contribution in [-0.2, 0) is 14.2 Å². The monoisotopic (exact) mass is 244 g/mol. The molecule has 1 heterocycles. The quantitative estimate of drug-likeness (QED) is 0.583. The van der Waals surface area contributed by atoms with Crippen LogP contribution < -0.4 is 0 Å². The Morgan fingerprint density at radius 1 is 1.24 bits per heavy atom. The molecule has 0 radical (unpaired) electrons.